The van der Waals surface area contributed by atoms with Gasteiger partial charge in [0.2, 0.25) is 11.8 Å². The number of nitrogens with zero attached hydrogens (tertiary/aromatic N) is 1. The molecule has 9 heteroatoms. The van der Waals surface area contributed by atoms with Gasteiger partial charge in [-0.05, 0) is 62.6 Å². The van der Waals surface area contributed by atoms with Crippen LogP contribution < -0.4 is 10.6 Å². The van der Waals surface area contributed by atoms with Crippen molar-refractivity contribution in [2.75, 3.05) is 19.7 Å². The van der Waals surface area contributed by atoms with Gasteiger partial charge < -0.3 is 30.5 Å². The maximum Gasteiger partial charge on any atom is 0.408 e. The summed E-state index contributed by atoms with van der Waals surface area (Å²) in [6.45, 7) is 6.96. The number of rotatable bonds is 12. The molecule has 0 aliphatic carbocycles. The van der Waals surface area contributed by atoms with Crippen LogP contribution in [0.25, 0.3) is 0 Å². The lowest BCUT2D eigenvalue weighted by Crippen LogP contribution is -2.54. The summed E-state index contributed by atoms with van der Waals surface area (Å²) in [7, 11) is 0. The largest absolute Gasteiger partial charge is 0.508 e. The van der Waals surface area contributed by atoms with Crippen LogP contribution in [0.15, 0.2) is 48.5 Å². The molecule has 2 atom stereocenters. The predicted octanol–water partition coefficient (Wildman–Crippen LogP) is 3.29. The highest BCUT2D eigenvalue weighted by Crippen LogP contribution is 2.24. The van der Waals surface area contributed by atoms with Crippen molar-refractivity contribution < 1.29 is 29.3 Å². The number of nitrogens with one attached hydrogen (secondary N) is 2. The molecule has 2 aromatic carbocycles. The molecule has 210 valence electrons. The lowest BCUT2D eigenvalue weighted by atomic mass is 9.99. The zero-order valence-electron chi connectivity index (χ0n) is 23.1. The van der Waals surface area contributed by atoms with Crippen LogP contribution in [0.5, 0.6) is 5.75 Å². The zero-order chi connectivity index (χ0) is 29.0. The fourth-order valence-electron chi connectivity index (χ4n) is 3.91. The third kappa shape index (κ3) is 9.98. The number of aliphatic hydroxyl groups excluding tert-OH is 1. The first-order chi connectivity index (χ1) is 18.5. The smallest absolute Gasteiger partial charge is 0.408 e. The van der Waals surface area contributed by atoms with Crippen molar-refractivity contribution in [3.8, 4) is 18.1 Å². The summed E-state index contributed by atoms with van der Waals surface area (Å²) in [5, 5.41) is 25.1. The molecule has 0 aliphatic rings. The number of aliphatic hydroxyl groups is 1. The van der Waals surface area contributed by atoms with Gasteiger partial charge in [0.05, 0.1) is 6.61 Å². The summed E-state index contributed by atoms with van der Waals surface area (Å²) >= 11 is 0. The molecule has 3 amide bonds. The van der Waals surface area contributed by atoms with Gasteiger partial charge in [-0.25, -0.2) is 4.79 Å². The first-order valence-corrected chi connectivity index (χ1v) is 13.0. The zero-order valence-corrected chi connectivity index (χ0v) is 23.1. The number of carbonyl (C=O) groups excluding carboxylic acids is 3. The number of benzene rings is 2. The van der Waals surface area contributed by atoms with Crippen molar-refractivity contribution in [1.82, 2.24) is 15.5 Å². The van der Waals surface area contributed by atoms with Crippen LogP contribution in [-0.4, -0.2) is 64.4 Å². The van der Waals surface area contributed by atoms with Crippen molar-refractivity contribution in [2.24, 2.45) is 0 Å². The van der Waals surface area contributed by atoms with Crippen LogP contribution in [0, 0.1) is 12.3 Å². The van der Waals surface area contributed by atoms with E-state index in [1.54, 1.807) is 57.2 Å². The molecule has 0 saturated carbocycles. The number of hydrogen-bond donors (Lipinski definition) is 4. The lowest BCUT2D eigenvalue weighted by molar-refractivity contribution is -0.143. The molecule has 0 saturated heterocycles. The highest BCUT2D eigenvalue weighted by Gasteiger charge is 2.36. The third-order valence-electron chi connectivity index (χ3n) is 5.77. The van der Waals surface area contributed by atoms with Gasteiger partial charge in [0.1, 0.15) is 23.4 Å². The second kappa shape index (κ2) is 14.8. The van der Waals surface area contributed by atoms with Gasteiger partial charge in [-0.2, -0.15) is 0 Å². The predicted molar refractivity (Wildman–Crippen MR) is 149 cm³/mol. The number of amides is 3. The van der Waals surface area contributed by atoms with Crippen molar-refractivity contribution in [3.63, 3.8) is 0 Å². The Labute approximate surface area is 230 Å². The number of alkyl carbamates (subject to hydrolysis) is 1. The maximum atomic E-state index is 14.1. The van der Waals surface area contributed by atoms with E-state index in [0.717, 1.165) is 12.8 Å². The molecule has 9 nitrogen and oxygen atoms in total. The number of ether oxygens (including phenoxy) is 1. The van der Waals surface area contributed by atoms with Crippen LogP contribution in [0.1, 0.15) is 63.3 Å². The van der Waals surface area contributed by atoms with Gasteiger partial charge >= 0.3 is 6.09 Å². The molecule has 0 fully saturated rings. The number of hydrogen-bond acceptors (Lipinski definition) is 6. The monoisotopic (exact) mass is 537 g/mol. The van der Waals surface area contributed by atoms with Crippen molar-refractivity contribution in [1.29, 1.82) is 0 Å². The maximum absolute atomic E-state index is 14.1. The standard InChI is InChI=1S/C30H39N3O6/c1-6-8-17-31-27(36)26(23-13-9-21(7-2)10-14-23)33(18-19-34)28(37)25(32-29(38)39-30(3,4)5)20-22-11-15-24(35)16-12-22/h2,9-16,25-26,34-35H,6,8,17-20H2,1,3-5H3,(H,31,36)(H,32,38). The molecule has 2 rings (SSSR count). The minimum absolute atomic E-state index is 0.0560. The summed E-state index contributed by atoms with van der Waals surface area (Å²) < 4.78 is 5.39. The number of unbranched alkanes of at least 4 members (excludes halogenated alkanes) is 1. The van der Waals surface area contributed by atoms with Gasteiger partial charge in [-0.15, -0.1) is 6.42 Å². The van der Waals surface area contributed by atoms with Crippen molar-refractivity contribution >= 4 is 17.9 Å². The second-order valence-electron chi connectivity index (χ2n) is 10.1. The van der Waals surface area contributed by atoms with E-state index in [1.165, 1.54) is 17.0 Å². The first kappa shape index (κ1) is 31.2. The quantitative estimate of drug-likeness (QED) is 0.243. The topological polar surface area (TPSA) is 128 Å². The van der Waals surface area contributed by atoms with Crippen molar-refractivity contribution in [3.05, 3.63) is 65.2 Å². The summed E-state index contributed by atoms with van der Waals surface area (Å²) in [5.74, 6) is 1.59. The Morgan fingerprint density at radius 1 is 1.08 bits per heavy atom. The van der Waals surface area contributed by atoms with Gasteiger partial charge in [-0.3, -0.25) is 9.59 Å². The Kier molecular flexibility index (Phi) is 11.8. The average Bonchev–Trinajstić information content (AvgIpc) is 2.88. The molecule has 4 N–H and O–H groups in total. The Bertz CT molecular complexity index is 1130. The number of phenolic OH excluding ortho intramolecular Hbond substituents is 1. The van der Waals surface area contributed by atoms with E-state index >= 15 is 0 Å². The van der Waals surface area contributed by atoms with Gasteiger partial charge in [0, 0.05) is 25.1 Å². The minimum Gasteiger partial charge on any atom is -0.508 e. The summed E-state index contributed by atoms with van der Waals surface area (Å²) in [6, 6.07) is 10.7. The van der Waals surface area contributed by atoms with Crippen LogP contribution in [0.4, 0.5) is 4.79 Å². The molecular formula is C30H39N3O6. The Morgan fingerprint density at radius 3 is 2.26 bits per heavy atom. The fraction of sp³-hybridized carbons (Fsp3) is 0.433. The normalized spacial score (nSPS) is 12.5. The number of aromatic hydroxyl groups is 1. The number of terminal acetylenes is 1. The van der Waals surface area contributed by atoms with Gasteiger partial charge in [0.15, 0.2) is 0 Å². The second-order valence-corrected chi connectivity index (χ2v) is 10.1. The highest BCUT2D eigenvalue weighted by molar-refractivity contribution is 5.92. The lowest BCUT2D eigenvalue weighted by Gasteiger charge is -2.34. The average molecular weight is 538 g/mol. The molecule has 39 heavy (non-hydrogen) atoms. The molecule has 2 aromatic rings. The van der Waals surface area contributed by atoms with Crippen LogP contribution in [-0.2, 0) is 20.7 Å². The van der Waals surface area contributed by atoms with Crippen LogP contribution in [0.3, 0.4) is 0 Å². The molecule has 0 radical (unpaired) electrons. The number of carbonyl (C=O) groups is 3. The molecule has 0 spiro atoms. The molecule has 0 aliphatic heterocycles. The molecule has 0 aromatic heterocycles. The highest BCUT2D eigenvalue weighted by atomic mass is 16.6. The van der Waals surface area contributed by atoms with E-state index < -0.39 is 42.2 Å². The van der Waals surface area contributed by atoms with Gasteiger partial charge in [-0.1, -0.05) is 43.5 Å². The van der Waals surface area contributed by atoms with Crippen LogP contribution in [0.2, 0.25) is 0 Å². The Balaban J connectivity index is 2.50. The van der Waals surface area contributed by atoms with E-state index in [2.05, 4.69) is 16.6 Å². The fourth-order valence-corrected chi connectivity index (χ4v) is 3.91. The Hall–Kier alpha value is -4.03. The summed E-state index contributed by atoms with van der Waals surface area (Å²) in [5.41, 5.74) is 0.973. The molecular weight excluding hydrogens is 498 g/mol. The molecule has 0 heterocycles. The van der Waals surface area contributed by atoms with Crippen molar-refractivity contribution in [2.45, 2.75) is 64.6 Å². The van der Waals surface area contributed by atoms with E-state index in [1.807, 2.05) is 6.92 Å². The summed E-state index contributed by atoms with van der Waals surface area (Å²) in [4.78, 5) is 41.5. The molecule has 2 unspecified atom stereocenters. The number of phenols is 1. The van der Waals surface area contributed by atoms with E-state index in [-0.39, 0.29) is 18.7 Å². The first-order valence-electron chi connectivity index (χ1n) is 13.0. The van der Waals surface area contributed by atoms with Gasteiger partial charge in [0.25, 0.3) is 0 Å². The molecule has 0 bridgehead atoms. The van der Waals surface area contributed by atoms with Crippen LogP contribution >= 0.6 is 0 Å². The van der Waals surface area contributed by atoms with E-state index in [0.29, 0.717) is 23.2 Å². The minimum atomic E-state index is -1.13. The van der Waals surface area contributed by atoms with E-state index in [9.17, 15) is 24.6 Å². The van der Waals surface area contributed by atoms with E-state index in [4.69, 9.17) is 11.2 Å². The third-order valence-corrected chi connectivity index (χ3v) is 5.77. The summed E-state index contributed by atoms with van der Waals surface area (Å²) in [6.07, 6.45) is 6.37. The Morgan fingerprint density at radius 2 is 1.72 bits per heavy atom. The SMILES string of the molecule is C#Cc1ccc(C(C(=O)NCCCC)N(CCO)C(=O)C(Cc2ccc(O)cc2)NC(=O)OC(C)(C)C)cc1.